The molecule has 0 saturated carbocycles. The minimum atomic E-state index is -0.527. The molecule has 0 bridgehead atoms. The number of fused-ring (bicyclic) bond motifs is 1. The highest BCUT2D eigenvalue weighted by Gasteiger charge is 2.40. The van der Waals surface area contributed by atoms with Gasteiger partial charge in [0.2, 0.25) is 0 Å². The molecule has 2 aromatic rings. The molecule has 7 heteroatoms. The molecule has 2 aliphatic heterocycles. The van der Waals surface area contributed by atoms with Gasteiger partial charge in [0, 0.05) is 19.2 Å². The number of anilines is 2. The predicted molar refractivity (Wildman–Crippen MR) is 106 cm³/mol. The fourth-order valence-corrected chi connectivity index (χ4v) is 4.33. The van der Waals surface area contributed by atoms with Crippen LogP contribution in [-0.2, 0) is 0 Å². The highest BCUT2D eigenvalue weighted by atomic mass is 16.6. The van der Waals surface area contributed by atoms with E-state index in [-0.39, 0.29) is 16.8 Å². The Hall–Kier alpha value is -3.22. The topological polar surface area (TPSA) is 83.8 Å². The van der Waals surface area contributed by atoms with Crippen LogP contribution >= 0.6 is 0 Å². The van der Waals surface area contributed by atoms with Crippen molar-refractivity contribution in [1.29, 1.82) is 0 Å². The number of nitrogens with zero attached hydrogens (tertiary/aromatic N) is 3. The van der Waals surface area contributed by atoms with E-state index < -0.39 is 16.7 Å². The van der Waals surface area contributed by atoms with E-state index in [0.29, 0.717) is 36.3 Å². The molecule has 0 radical (unpaired) electrons. The van der Waals surface area contributed by atoms with Crippen LogP contribution in [0.1, 0.15) is 41.0 Å². The normalized spacial score (nSPS) is 21.8. The molecular weight excluding hydrogens is 358 g/mol. The molecule has 1 fully saturated rings. The smallest absolute Gasteiger partial charge is 0.293 e. The van der Waals surface area contributed by atoms with Crippen LogP contribution in [0, 0.1) is 22.0 Å². The molecule has 0 spiro atoms. The summed E-state index contributed by atoms with van der Waals surface area (Å²) in [4.78, 5) is 40.1. The van der Waals surface area contributed by atoms with Gasteiger partial charge in [-0.25, -0.2) is 4.90 Å². The summed E-state index contributed by atoms with van der Waals surface area (Å²) in [5.41, 5.74) is 1.05. The van der Waals surface area contributed by atoms with Crippen LogP contribution < -0.4 is 9.80 Å². The van der Waals surface area contributed by atoms with Crippen LogP contribution in [-0.4, -0.2) is 29.8 Å². The van der Waals surface area contributed by atoms with Crippen molar-refractivity contribution in [2.75, 3.05) is 22.9 Å². The van der Waals surface area contributed by atoms with E-state index in [2.05, 4.69) is 13.8 Å². The summed E-state index contributed by atoms with van der Waals surface area (Å²) in [6, 6.07) is 11.4. The largest absolute Gasteiger partial charge is 0.365 e. The molecule has 2 heterocycles. The Morgan fingerprint density at radius 1 is 0.964 bits per heavy atom. The van der Waals surface area contributed by atoms with Crippen molar-refractivity contribution >= 4 is 28.9 Å². The Morgan fingerprint density at radius 2 is 1.54 bits per heavy atom. The van der Waals surface area contributed by atoms with Crippen LogP contribution in [0.5, 0.6) is 0 Å². The molecule has 144 valence electrons. The van der Waals surface area contributed by atoms with E-state index in [1.165, 1.54) is 12.1 Å². The highest BCUT2D eigenvalue weighted by molar-refractivity contribution is 6.35. The van der Waals surface area contributed by atoms with Gasteiger partial charge in [-0.1, -0.05) is 32.0 Å². The molecule has 2 aliphatic rings. The van der Waals surface area contributed by atoms with E-state index in [0.717, 1.165) is 11.3 Å². The van der Waals surface area contributed by atoms with E-state index >= 15 is 0 Å². The van der Waals surface area contributed by atoms with Crippen LogP contribution in [0.25, 0.3) is 0 Å². The fraction of sp³-hybridized carbons (Fsp3) is 0.333. The number of carbonyl (C=O) groups is 2. The molecule has 7 nitrogen and oxygen atoms in total. The Balaban J connectivity index is 1.81. The molecule has 2 atom stereocenters. The number of hydrogen-bond acceptors (Lipinski definition) is 5. The second-order valence-electron chi connectivity index (χ2n) is 7.78. The number of nitro groups is 1. The number of carbonyl (C=O) groups excluding carboxylic acids is 2. The van der Waals surface area contributed by atoms with Crippen LogP contribution in [0.15, 0.2) is 42.5 Å². The summed E-state index contributed by atoms with van der Waals surface area (Å²) in [6.07, 6.45) is 1.06. The first kappa shape index (κ1) is 18.2. The zero-order valence-corrected chi connectivity index (χ0v) is 15.8. The van der Waals surface area contributed by atoms with Crippen molar-refractivity contribution in [3.8, 4) is 0 Å². The molecule has 28 heavy (non-hydrogen) atoms. The first-order valence-electron chi connectivity index (χ1n) is 9.38. The van der Waals surface area contributed by atoms with Gasteiger partial charge in [0.25, 0.3) is 17.5 Å². The number of nitro benzene ring substituents is 1. The predicted octanol–water partition coefficient (Wildman–Crippen LogP) is 3.88. The number of amides is 2. The van der Waals surface area contributed by atoms with Crippen molar-refractivity contribution in [1.82, 2.24) is 0 Å². The average molecular weight is 379 g/mol. The summed E-state index contributed by atoms with van der Waals surface area (Å²) < 4.78 is 0. The van der Waals surface area contributed by atoms with E-state index in [1.54, 1.807) is 30.3 Å². The number of benzene rings is 2. The highest BCUT2D eigenvalue weighted by Crippen LogP contribution is 2.39. The van der Waals surface area contributed by atoms with Crippen LogP contribution in [0.4, 0.5) is 17.1 Å². The number of rotatable bonds is 3. The third kappa shape index (κ3) is 2.93. The second-order valence-corrected chi connectivity index (χ2v) is 7.78. The minimum Gasteiger partial charge on any atom is -0.365 e. The first-order chi connectivity index (χ1) is 13.4. The van der Waals surface area contributed by atoms with Crippen LogP contribution in [0.3, 0.4) is 0 Å². The molecule has 0 unspecified atom stereocenters. The van der Waals surface area contributed by atoms with Gasteiger partial charge in [-0.05, 0) is 36.5 Å². The quantitative estimate of drug-likeness (QED) is 0.459. The van der Waals surface area contributed by atoms with E-state index in [4.69, 9.17) is 0 Å². The van der Waals surface area contributed by atoms with Gasteiger partial charge in [-0.15, -0.1) is 0 Å². The van der Waals surface area contributed by atoms with Gasteiger partial charge in [0.15, 0.2) is 0 Å². The monoisotopic (exact) mass is 379 g/mol. The van der Waals surface area contributed by atoms with E-state index in [9.17, 15) is 19.7 Å². The first-order valence-corrected chi connectivity index (χ1v) is 9.38. The lowest BCUT2D eigenvalue weighted by atomic mass is 9.91. The maximum absolute atomic E-state index is 13.0. The molecule has 4 rings (SSSR count). The third-order valence-corrected chi connectivity index (χ3v) is 5.40. The maximum Gasteiger partial charge on any atom is 0.293 e. The standard InChI is InChI=1S/C21H21N3O4/c1-13-8-14(2)12-22(11-13)18-9-16-17(10-19(18)24(27)28)21(26)23(20(16)25)15-6-4-3-5-7-15/h3-7,9-10,13-14H,8,11-12H2,1-2H3/t13-,14-/m1/s1. The number of imide groups is 1. The maximum atomic E-state index is 13.0. The lowest BCUT2D eigenvalue weighted by Gasteiger charge is -2.36. The van der Waals surface area contributed by atoms with Gasteiger partial charge < -0.3 is 4.90 Å². The minimum absolute atomic E-state index is 0.0856. The number of piperidine rings is 1. The van der Waals surface area contributed by atoms with Gasteiger partial charge in [-0.3, -0.25) is 19.7 Å². The fourth-order valence-electron chi connectivity index (χ4n) is 4.33. The Bertz CT molecular complexity index is 963. The second kappa shape index (κ2) is 6.74. The van der Waals surface area contributed by atoms with Gasteiger partial charge in [0.05, 0.1) is 21.7 Å². The summed E-state index contributed by atoms with van der Waals surface area (Å²) in [7, 11) is 0. The Morgan fingerprint density at radius 3 is 2.11 bits per heavy atom. The van der Waals surface area contributed by atoms with Crippen molar-refractivity contribution in [3.05, 3.63) is 63.7 Å². The summed E-state index contributed by atoms with van der Waals surface area (Å²) >= 11 is 0. The molecule has 0 aliphatic carbocycles. The lowest BCUT2D eigenvalue weighted by molar-refractivity contribution is -0.384. The van der Waals surface area contributed by atoms with E-state index in [1.807, 2.05) is 4.90 Å². The van der Waals surface area contributed by atoms with Crippen molar-refractivity contribution < 1.29 is 14.5 Å². The molecule has 2 aromatic carbocycles. The molecular formula is C21H21N3O4. The van der Waals surface area contributed by atoms with Gasteiger partial charge in [0.1, 0.15) is 5.69 Å². The zero-order valence-electron chi connectivity index (χ0n) is 15.8. The Kier molecular flexibility index (Phi) is 4.37. The van der Waals surface area contributed by atoms with Gasteiger partial charge in [-0.2, -0.15) is 0 Å². The number of hydrogen-bond donors (Lipinski definition) is 0. The summed E-state index contributed by atoms with van der Waals surface area (Å²) in [6.45, 7) is 5.62. The van der Waals surface area contributed by atoms with Crippen molar-refractivity contribution in [2.45, 2.75) is 20.3 Å². The van der Waals surface area contributed by atoms with Gasteiger partial charge >= 0.3 is 0 Å². The number of para-hydroxylation sites is 1. The Labute approximate surface area is 162 Å². The third-order valence-electron chi connectivity index (χ3n) is 5.40. The summed E-state index contributed by atoms with van der Waals surface area (Å²) in [5, 5.41) is 11.7. The SMILES string of the molecule is C[C@@H]1C[C@@H](C)CN(c2cc3c(cc2[N+](=O)[O-])C(=O)N(c2ccccc2)C3=O)C1. The molecule has 0 aromatic heterocycles. The van der Waals surface area contributed by atoms with Crippen molar-refractivity contribution in [2.24, 2.45) is 11.8 Å². The molecule has 0 N–H and O–H groups in total. The molecule has 1 saturated heterocycles. The van der Waals surface area contributed by atoms with Crippen molar-refractivity contribution in [3.63, 3.8) is 0 Å². The van der Waals surface area contributed by atoms with Crippen LogP contribution in [0.2, 0.25) is 0 Å². The summed E-state index contributed by atoms with van der Waals surface area (Å²) in [5.74, 6) is -0.175. The lowest BCUT2D eigenvalue weighted by Crippen LogP contribution is -2.39. The molecule has 2 amide bonds. The zero-order chi connectivity index (χ0) is 20.0. The average Bonchev–Trinajstić information content (AvgIpc) is 2.90.